The van der Waals surface area contributed by atoms with E-state index >= 15 is 0 Å². The molecule has 0 aromatic rings. The summed E-state index contributed by atoms with van der Waals surface area (Å²) in [5.41, 5.74) is 0.0994. The first-order chi connectivity index (χ1) is 4.70. The van der Waals surface area contributed by atoms with Crippen LogP contribution in [-0.4, -0.2) is 22.5 Å². The second-order valence-corrected chi connectivity index (χ2v) is 1.72. The van der Waals surface area contributed by atoms with Crippen molar-refractivity contribution in [3.63, 3.8) is 0 Å². The summed E-state index contributed by atoms with van der Waals surface area (Å²) in [7, 11) is 0. The number of carbonyl (C=O) groups is 2. The minimum Gasteiger partial charge on any atom is -0.515 e. The number of aliphatic carboxylic acids is 1. The Bertz CT molecular complexity index is 159. The third-order valence-electron chi connectivity index (χ3n) is 0.945. The molecule has 0 saturated carbocycles. The number of carboxylic acid groups (broad SMARTS) is 1. The number of aliphatic hydroxyl groups excluding tert-OH is 1. The summed E-state index contributed by atoms with van der Waals surface area (Å²) in [5.74, 6) is -0.985. The van der Waals surface area contributed by atoms with Crippen molar-refractivity contribution < 1.29 is 19.8 Å². The second-order valence-electron chi connectivity index (χ2n) is 1.72. The van der Waals surface area contributed by atoms with Gasteiger partial charge >= 0.3 is 5.97 Å². The van der Waals surface area contributed by atoms with Gasteiger partial charge in [0.05, 0.1) is 6.26 Å². The van der Waals surface area contributed by atoms with Crippen LogP contribution in [0.15, 0.2) is 11.8 Å². The predicted molar refractivity (Wildman–Crippen MR) is 33.6 cm³/mol. The maximum absolute atomic E-state index is 9.93. The fourth-order valence-electron chi connectivity index (χ4n) is 0.405. The minimum atomic E-state index is -0.985. The van der Waals surface area contributed by atoms with E-state index in [0.717, 1.165) is 0 Å². The minimum absolute atomic E-state index is 0.0787. The Kier molecular flexibility index (Phi) is 3.95. The average Bonchev–Trinajstić information content (AvgIpc) is 1.90. The van der Waals surface area contributed by atoms with Gasteiger partial charge in [-0.1, -0.05) is 0 Å². The second kappa shape index (κ2) is 4.55. The smallest absolute Gasteiger partial charge is 0.303 e. The zero-order chi connectivity index (χ0) is 7.98. The number of rotatable bonds is 4. The molecule has 4 nitrogen and oxygen atoms in total. The van der Waals surface area contributed by atoms with Crippen LogP contribution in [0.5, 0.6) is 0 Å². The zero-order valence-electron chi connectivity index (χ0n) is 5.28. The van der Waals surface area contributed by atoms with Crippen LogP contribution in [0.1, 0.15) is 12.8 Å². The monoisotopic (exact) mass is 144 g/mol. The van der Waals surface area contributed by atoms with Crippen molar-refractivity contribution >= 4 is 12.3 Å². The van der Waals surface area contributed by atoms with Gasteiger partial charge in [0.1, 0.15) is 6.29 Å². The quantitative estimate of drug-likeness (QED) is 0.342. The topological polar surface area (TPSA) is 74.6 Å². The lowest BCUT2D eigenvalue weighted by Gasteiger charge is -1.91. The lowest BCUT2D eigenvalue weighted by Crippen LogP contribution is -1.96. The Morgan fingerprint density at radius 1 is 1.40 bits per heavy atom. The van der Waals surface area contributed by atoms with Gasteiger partial charge < -0.3 is 10.2 Å². The molecule has 10 heavy (non-hydrogen) atoms. The molecule has 0 spiro atoms. The van der Waals surface area contributed by atoms with Gasteiger partial charge in [0.2, 0.25) is 0 Å². The van der Waals surface area contributed by atoms with Gasteiger partial charge in [-0.05, 0) is 6.42 Å². The number of allylic oxidation sites excluding steroid dienone is 1. The molecule has 0 saturated heterocycles. The van der Waals surface area contributed by atoms with Crippen LogP contribution in [0.4, 0.5) is 0 Å². The van der Waals surface area contributed by atoms with Crippen LogP contribution in [0, 0.1) is 0 Å². The Labute approximate surface area is 57.8 Å². The zero-order valence-corrected chi connectivity index (χ0v) is 5.28. The number of hydrogen-bond donors (Lipinski definition) is 2. The van der Waals surface area contributed by atoms with Gasteiger partial charge in [-0.3, -0.25) is 9.59 Å². The predicted octanol–water partition coefficient (Wildman–Crippen LogP) is 0.492. The highest BCUT2D eigenvalue weighted by Gasteiger charge is 1.99. The van der Waals surface area contributed by atoms with E-state index < -0.39 is 5.97 Å². The molecule has 0 aromatic heterocycles. The molecule has 0 amide bonds. The third-order valence-corrected chi connectivity index (χ3v) is 0.945. The summed E-state index contributed by atoms with van der Waals surface area (Å²) in [4.78, 5) is 19.8. The summed E-state index contributed by atoms with van der Waals surface area (Å²) >= 11 is 0. The van der Waals surface area contributed by atoms with Crippen molar-refractivity contribution in [3.8, 4) is 0 Å². The van der Waals surface area contributed by atoms with Crippen molar-refractivity contribution in [3.05, 3.63) is 11.8 Å². The molecular weight excluding hydrogens is 136 g/mol. The van der Waals surface area contributed by atoms with Gasteiger partial charge in [0.15, 0.2) is 0 Å². The standard InChI is InChI=1S/C6H8O4/c7-3-5(4-8)1-2-6(9)10/h3-4,7H,1-2H2,(H,9,10)/b5-3+. The van der Waals surface area contributed by atoms with Gasteiger partial charge in [-0.2, -0.15) is 0 Å². The maximum atomic E-state index is 9.93. The number of aldehydes is 1. The average molecular weight is 144 g/mol. The lowest BCUT2D eigenvalue weighted by atomic mass is 10.2. The van der Waals surface area contributed by atoms with E-state index in [9.17, 15) is 9.59 Å². The summed E-state index contributed by atoms with van der Waals surface area (Å²) in [6.45, 7) is 0. The van der Waals surface area contributed by atoms with E-state index in [-0.39, 0.29) is 18.4 Å². The third kappa shape index (κ3) is 3.65. The Hall–Kier alpha value is -1.32. The van der Waals surface area contributed by atoms with Crippen LogP contribution in [-0.2, 0) is 9.59 Å². The molecule has 0 atom stereocenters. The number of hydrogen-bond acceptors (Lipinski definition) is 3. The molecule has 4 heteroatoms. The molecule has 0 bridgehead atoms. The normalized spacial score (nSPS) is 11.0. The van der Waals surface area contributed by atoms with Gasteiger partial charge in [-0.15, -0.1) is 0 Å². The molecule has 0 radical (unpaired) electrons. The molecular formula is C6H8O4. The van der Waals surface area contributed by atoms with Crippen LogP contribution in [0.3, 0.4) is 0 Å². The van der Waals surface area contributed by atoms with E-state index in [0.29, 0.717) is 12.5 Å². The highest BCUT2D eigenvalue weighted by atomic mass is 16.4. The SMILES string of the molecule is O=C/C(=C/O)CCC(=O)O. The van der Waals surface area contributed by atoms with Crippen molar-refractivity contribution in [2.24, 2.45) is 0 Å². The molecule has 0 fully saturated rings. The van der Waals surface area contributed by atoms with E-state index in [1.807, 2.05) is 0 Å². The Morgan fingerprint density at radius 2 is 2.00 bits per heavy atom. The summed E-state index contributed by atoms with van der Waals surface area (Å²) in [5, 5.41) is 16.4. The van der Waals surface area contributed by atoms with Crippen LogP contribution < -0.4 is 0 Å². The molecule has 0 rings (SSSR count). The summed E-state index contributed by atoms with van der Waals surface area (Å²) in [6.07, 6.45) is 0.999. The number of carbonyl (C=O) groups excluding carboxylic acids is 1. The highest BCUT2D eigenvalue weighted by molar-refractivity contribution is 5.75. The van der Waals surface area contributed by atoms with E-state index in [1.54, 1.807) is 0 Å². The first kappa shape index (κ1) is 8.68. The van der Waals surface area contributed by atoms with Crippen LogP contribution in [0.25, 0.3) is 0 Å². The molecule has 2 N–H and O–H groups in total. The Morgan fingerprint density at radius 3 is 2.30 bits per heavy atom. The van der Waals surface area contributed by atoms with Crippen molar-refractivity contribution in [2.75, 3.05) is 0 Å². The molecule has 0 unspecified atom stereocenters. The van der Waals surface area contributed by atoms with E-state index in [4.69, 9.17) is 10.2 Å². The first-order valence-electron chi connectivity index (χ1n) is 2.71. The first-order valence-corrected chi connectivity index (χ1v) is 2.71. The van der Waals surface area contributed by atoms with Crippen molar-refractivity contribution in [1.29, 1.82) is 0 Å². The molecule has 56 valence electrons. The van der Waals surface area contributed by atoms with Crippen LogP contribution in [0.2, 0.25) is 0 Å². The van der Waals surface area contributed by atoms with Gasteiger partial charge in [0, 0.05) is 12.0 Å². The highest BCUT2D eigenvalue weighted by Crippen LogP contribution is 1.99. The van der Waals surface area contributed by atoms with E-state index in [1.165, 1.54) is 0 Å². The van der Waals surface area contributed by atoms with E-state index in [2.05, 4.69) is 0 Å². The molecule has 0 heterocycles. The molecule has 0 aliphatic rings. The molecule has 0 aliphatic carbocycles. The summed E-state index contributed by atoms with van der Waals surface area (Å²) < 4.78 is 0. The van der Waals surface area contributed by atoms with Gasteiger partial charge in [0.25, 0.3) is 0 Å². The van der Waals surface area contributed by atoms with Crippen molar-refractivity contribution in [2.45, 2.75) is 12.8 Å². The number of aliphatic hydroxyl groups is 1. The molecule has 0 aromatic carbocycles. The molecule has 0 aliphatic heterocycles. The summed E-state index contributed by atoms with van der Waals surface area (Å²) in [6, 6.07) is 0. The van der Waals surface area contributed by atoms with Crippen molar-refractivity contribution in [1.82, 2.24) is 0 Å². The fourth-order valence-corrected chi connectivity index (χ4v) is 0.405. The fraction of sp³-hybridized carbons (Fsp3) is 0.333. The van der Waals surface area contributed by atoms with Crippen LogP contribution >= 0.6 is 0 Å². The maximum Gasteiger partial charge on any atom is 0.303 e. The number of carboxylic acids is 1. The largest absolute Gasteiger partial charge is 0.515 e. The Balaban J connectivity index is 3.66. The van der Waals surface area contributed by atoms with Gasteiger partial charge in [-0.25, -0.2) is 0 Å². The lowest BCUT2D eigenvalue weighted by molar-refractivity contribution is -0.136.